The molecule has 0 radical (unpaired) electrons. The topological polar surface area (TPSA) is 215 Å². The first-order valence-electron chi connectivity index (χ1n) is 40.9. The number of methoxy groups -OCH3 is 3. The molecule has 4 atom stereocenters. The van der Waals surface area contributed by atoms with Crippen LogP contribution in [0.3, 0.4) is 0 Å². The third-order valence-corrected chi connectivity index (χ3v) is 24.0. The lowest BCUT2D eigenvalue weighted by atomic mass is 9.90. The molecule has 0 spiro atoms. The quantitative estimate of drug-likeness (QED) is 0.0130. The lowest BCUT2D eigenvalue weighted by Crippen LogP contribution is -2.40. The number of carbonyl (C=O) groups excluding carboxylic acids is 6. The van der Waals surface area contributed by atoms with E-state index in [1.165, 1.54) is 5.56 Å². The Morgan fingerprint density at radius 2 is 0.773 bits per heavy atom. The summed E-state index contributed by atoms with van der Waals surface area (Å²) in [5.41, 5.74) is 10.0. The molecule has 12 rings (SSSR count). The smallest absolute Gasteiger partial charge is 0.407 e. The van der Waals surface area contributed by atoms with Crippen molar-refractivity contribution in [2.75, 3.05) is 47.6 Å². The van der Waals surface area contributed by atoms with Crippen LogP contribution in [0.2, 0.25) is 0 Å². The van der Waals surface area contributed by atoms with Gasteiger partial charge in [-0.25, -0.2) is 4.79 Å². The van der Waals surface area contributed by atoms with Crippen molar-refractivity contribution in [3.63, 3.8) is 0 Å². The van der Waals surface area contributed by atoms with Gasteiger partial charge in [0.25, 0.3) is 0 Å². The first-order valence-corrected chi connectivity index (χ1v) is 42.5. The second-order valence-electron chi connectivity index (χ2n) is 31.6. The molecule has 20 heteroatoms. The zero-order valence-corrected chi connectivity index (χ0v) is 71.6. The van der Waals surface area contributed by atoms with Gasteiger partial charge in [-0.1, -0.05) is 231 Å². The molecule has 3 aliphatic rings. The monoisotopic (exact) mass is 1630 g/mol. The van der Waals surface area contributed by atoms with Gasteiger partial charge in [0, 0.05) is 104 Å². The Labute approximate surface area is 703 Å². The molecule has 3 heterocycles. The van der Waals surface area contributed by atoms with E-state index in [-0.39, 0.29) is 96.4 Å². The Morgan fingerprint density at radius 3 is 1.14 bits per heavy atom. The highest BCUT2D eigenvalue weighted by atomic mass is 31.2. The van der Waals surface area contributed by atoms with Gasteiger partial charge in [0.1, 0.15) is 43.4 Å². The standard InChI is InChI=1S/C32H35NO4.C31H34N2O4.C18H30NO4P.C18H18O3/c1-32(2)21-28(31(35)33(32)22-24-14-17-29(36-3)18-15-24)20-27(26-12-8-5-9-13-26)16-19-30(34)37-23-25-10-6-4-7-11-25;1-31(2)19-26(29(34)33(31)21-23-14-16-28(36-3)17-15-23)18-27(25-12-8-5-9-13-25)20-32-30(35)37-22-24-10-6-4-7-11-24;1-6-22-24(20,23-7-2)17-12-18(3,4)19(14-17)13-15-8-10-16(21-5)11-9-15;19-13-17(16-9-5-2-6-10-16)11-12-18(20)21-14-15-7-3-1-4-8-15/h4-15,17-18,20,27H,16,19,21-23H2,1-3H3;4-18,27H,19-22H2,1-3H3,(H,32,35);8-11,17H,6-7,12-14H2,1-5H3;1-10,13,17H,11-12,14H2. The maximum Gasteiger partial charge on any atom is 0.407 e. The highest BCUT2D eigenvalue weighted by molar-refractivity contribution is 7.54. The maximum absolute atomic E-state index is 13.6. The predicted molar refractivity (Wildman–Crippen MR) is 467 cm³/mol. The Morgan fingerprint density at radius 1 is 0.437 bits per heavy atom. The molecule has 3 saturated heterocycles. The number of alkyl carbamates (subject to hydrolysis) is 1. The van der Waals surface area contributed by atoms with E-state index in [9.17, 15) is 33.3 Å². The molecule has 9 aromatic rings. The van der Waals surface area contributed by atoms with Gasteiger partial charge in [0.15, 0.2) is 0 Å². The predicted octanol–water partition coefficient (Wildman–Crippen LogP) is 20.1. The average molecular weight is 1630 g/mol. The normalized spacial score (nSPS) is 16.6. The minimum atomic E-state index is -3.06. The number of nitrogens with one attached hydrogen (secondary N) is 1. The van der Waals surface area contributed by atoms with Gasteiger partial charge < -0.3 is 57.4 Å². The van der Waals surface area contributed by atoms with Gasteiger partial charge in [-0.3, -0.25) is 28.6 Å². The SMILES string of the molecule is CCOP(=O)(OCC)C1CN(Cc2ccc(OC)cc2)C(C)(C)C1.COc1ccc(CN2C(=O)C(=CC(CCC(=O)OCc3ccccc3)c3ccccc3)CC2(C)C)cc1.COc1ccc(CN2C(=O)C(=CC(CNC(=O)OCc3ccccc3)c3ccccc3)CC2(C)C)cc1.O=CC(CCC(=O)OCc1ccccc1)c1ccccc1. The molecule has 19 nitrogen and oxygen atoms in total. The van der Waals surface area contributed by atoms with E-state index in [1.54, 1.807) is 21.3 Å². The van der Waals surface area contributed by atoms with E-state index < -0.39 is 13.7 Å². The summed E-state index contributed by atoms with van der Waals surface area (Å²) in [6.07, 6.45) is 8.14. The number of likely N-dealkylation sites (tertiary alicyclic amines) is 3. The fourth-order valence-electron chi connectivity index (χ4n) is 14.8. The number of hydrogen-bond donors (Lipinski definition) is 1. The minimum absolute atomic E-state index is 0.0217. The average Bonchev–Trinajstić information content (AvgIpc) is 1.65. The van der Waals surface area contributed by atoms with Crippen molar-refractivity contribution < 1.29 is 70.8 Å². The van der Waals surface area contributed by atoms with Crippen LogP contribution >= 0.6 is 7.60 Å². The van der Waals surface area contributed by atoms with E-state index in [0.29, 0.717) is 58.5 Å². The summed E-state index contributed by atoms with van der Waals surface area (Å²) in [6.45, 7) is 21.0. The zero-order valence-electron chi connectivity index (χ0n) is 70.7. The summed E-state index contributed by atoms with van der Waals surface area (Å²) in [5, 5.41) is 2.88. The fourth-order valence-corrected chi connectivity index (χ4v) is 17.1. The first kappa shape index (κ1) is 91.7. The molecule has 3 fully saturated rings. The number of carbonyl (C=O) groups is 6. The molecule has 0 saturated carbocycles. The molecule has 628 valence electrons. The number of allylic oxidation sites excluding steroid dienone is 1. The molecule has 0 bridgehead atoms. The number of hydrogen-bond acceptors (Lipinski definition) is 16. The number of ether oxygens (including phenoxy) is 6. The van der Waals surface area contributed by atoms with Crippen LogP contribution < -0.4 is 19.5 Å². The van der Waals surface area contributed by atoms with Crippen molar-refractivity contribution in [1.82, 2.24) is 20.0 Å². The molecule has 0 aromatic heterocycles. The van der Waals surface area contributed by atoms with Crippen LogP contribution in [0.25, 0.3) is 0 Å². The number of esters is 2. The lowest BCUT2D eigenvalue weighted by molar-refractivity contribution is -0.146. The van der Waals surface area contributed by atoms with Crippen molar-refractivity contribution in [3.05, 3.63) is 328 Å². The van der Waals surface area contributed by atoms with Gasteiger partial charge in [-0.2, -0.15) is 0 Å². The molecule has 3 aliphatic heterocycles. The number of aldehydes is 1. The third kappa shape index (κ3) is 28.2. The van der Waals surface area contributed by atoms with Crippen molar-refractivity contribution in [1.29, 1.82) is 0 Å². The summed E-state index contributed by atoms with van der Waals surface area (Å²) in [5.74, 6) is 1.53. The van der Waals surface area contributed by atoms with Crippen LogP contribution in [-0.2, 0) is 91.3 Å². The number of rotatable bonds is 34. The molecule has 9 aromatic carbocycles. The summed E-state index contributed by atoms with van der Waals surface area (Å²) in [6, 6.07) is 81.9. The highest BCUT2D eigenvalue weighted by Gasteiger charge is 2.48. The van der Waals surface area contributed by atoms with E-state index in [2.05, 4.69) is 82.1 Å². The number of amides is 3. The summed E-state index contributed by atoms with van der Waals surface area (Å²) in [7, 11) is 1.89. The fraction of sp³-hybridized carbons (Fsp3) is 0.354. The van der Waals surface area contributed by atoms with E-state index >= 15 is 0 Å². The summed E-state index contributed by atoms with van der Waals surface area (Å²) < 4.78 is 56.0. The Kier molecular flexibility index (Phi) is 35.2. The molecule has 1 N–H and O–H groups in total. The van der Waals surface area contributed by atoms with Gasteiger partial charge in [0.2, 0.25) is 11.8 Å². The molecule has 119 heavy (non-hydrogen) atoms. The van der Waals surface area contributed by atoms with Crippen molar-refractivity contribution in [2.24, 2.45) is 0 Å². The number of nitrogens with zero attached hydrogens (tertiary/aromatic N) is 3. The molecule has 4 unspecified atom stereocenters. The zero-order chi connectivity index (χ0) is 85.2. The Bertz CT molecular complexity index is 4540. The summed E-state index contributed by atoms with van der Waals surface area (Å²) >= 11 is 0. The van der Waals surface area contributed by atoms with Gasteiger partial charge >= 0.3 is 25.6 Å². The van der Waals surface area contributed by atoms with Crippen molar-refractivity contribution >= 4 is 43.7 Å². The largest absolute Gasteiger partial charge is 0.497 e. The molecular weight excluding hydrogens is 1520 g/mol. The molecular formula is C99H117N4O15P. The van der Waals surface area contributed by atoms with Crippen LogP contribution in [-0.4, -0.2) is 121 Å². The number of benzene rings is 9. The second kappa shape index (κ2) is 45.7. The maximum atomic E-state index is 13.6. The summed E-state index contributed by atoms with van der Waals surface area (Å²) in [4.78, 5) is 81.1. The molecule has 3 amide bonds. The highest BCUT2D eigenvalue weighted by Crippen LogP contribution is 2.58. The van der Waals surface area contributed by atoms with Gasteiger partial charge in [0.05, 0.1) is 40.2 Å². The van der Waals surface area contributed by atoms with Crippen LogP contribution in [0.5, 0.6) is 17.2 Å². The lowest BCUT2D eigenvalue weighted by Gasteiger charge is -2.31. The van der Waals surface area contributed by atoms with Crippen LogP contribution in [0.15, 0.2) is 278 Å². The molecule has 0 aliphatic carbocycles. The van der Waals surface area contributed by atoms with Crippen LogP contribution in [0.1, 0.15) is 168 Å². The second-order valence-corrected chi connectivity index (χ2v) is 33.9. The third-order valence-electron chi connectivity index (χ3n) is 21.5. The van der Waals surface area contributed by atoms with Crippen molar-refractivity contribution in [3.8, 4) is 17.2 Å². The van der Waals surface area contributed by atoms with Crippen LogP contribution in [0, 0.1) is 0 Å². The van der Waals surface area contributed by atoms with Crippen LogP contribution in [0.4, 0.5) is 4.79 Å². The van der Waals surface area contributed by atoms with Gasteiger partial charge in [-0.15, -0.1) is 0 Å². The van der Waals surface area contributed by atoms with E-state index in [1.807, 2.05) is 260 Å². The van der Waals surface area contributed by atoms with Gasteiger partial charge in [-0.05, 0) is 161 Å². The minimum Gasteiger partial charge on any atom is -0.497 e. The van der Waals surface area contributed by atoms with Crippen molar-refractivity contribution in [2.45, 2.75) is 180 Å². The van der Waals surface area contributed by atoms with E-state index in [0.717, 1.165) is 98.7 Å². The first-order chi connectivity index (χ1) is 57.3. The Hall–Kier alpha value is -11.2. The van der Waals surface area contributed by atoms with E-state index in [4.69, 9.17) is 37.5 Å². The Balaban J connectivity index is 0.000000186.